The molecule has 0 saturated carbocycles. The monoisotopic (exact) mass is 228 g/mol. The summed E-state index contributed by atoms with van der Waals surface area (Å²) in [6.07, 6.45) is 3.56. The molecule has 1 aliphatic heterocycles. The lowest BCUT2D eigenvalue weighted by Crippen LogP contribution is -2.34. The average Bonchev–Trinajstić information content (AvgIpc) is 2.84. The lowest BCUT2D eigenvalue weighted by molar-refractivity contribution is 0.524. The molecule has 0 radical (unpaired) electrons. The van der Waals surface area contributed by atoms with Crippen molar-refractivity contribution < 1.29 is 4.42 Å². The summed E-state index contributed by atoms with van der Waals surface area (Å²) in [5.74, 6) is 0. The van der Waals surface area contributed by atoms with E-state index in [1.807, 2.05) is 12.3 Å². The molecule has 3 heteroatoms. The Morgan fingerprint density at radius 2 is 2.06 bits per heavy atom. The molecule has 0 aliphatic carbocycles. The first-order valence-electron chi connectivity index (χ1n) is 5.99. The molecule has 0 saturated heterocycles. The summed E-state index contributed by atoms with van der Waals surface area (Å²) in [6.45, 7) is 2.89. The van der Waals surface area contributed by atoms with Crippen molar-refractivity contribution in [2.75, 3.05) is 13.1 Å². The highest BCUT2D eigenvalue weighted by Crippen LogP contribution is 2.26. The highest BCUT2D eigenvalue weighted by atomic mass is 16.3. The molecule has 1 aliphatic rings. The van der Waals surface area contributed by atoms with Gasteiger partial charge in [-0.1, -0.05) is 24.3 Å². The minimum Gasteiger partial charge on any atom is -0.472 e. The number of rotatable bonds is 1. The molecule has 1 aromatic carbocycles. The largest absolute Gasteiger partial charge is 0.472 e. The molecule has 3 rings (SSSR count). The van der Waals surface area contributed by atoms with Gasteiger partial charge in [0.05, 0.1) is 18.6 Å². The second kappa shape index (κ2) is 4.73. The minimum absolute atomic E-state index is 0.243. The van der Waals surface area contributed by atoms with Crippen molar-refractivity contribution in [3.8, 4) is 0 Å². The molecule has 0 spiro atoms. The molecule has 3 nitrogen and oxygen atoms in total. The zero-order chi connectivity index (χ0) is 11.5. The molecule has 17 heavy (non-hydrogen) atoms. The van der Waals surface area contributed by atoms with E-state index in [-0.39, 0.29) is 6.04 Å². The molecule has 2 heterocycles. The number of fused-ring (bicyclic) bond motifs is 1. The average molecular weight is 228 g/mol. The zero-order valence-electron chi connectivity index (χ0n) is 9.65. The fourth-order valence-corrected chi connectivity index (χ4v) is 2.35. The van der Waals surface area contributed by atoms with E-state index < -0.39 is 0 Å². The Morgan fingerprint density at radius 1 is 1.12 bits per heavy atom. The van der Waals surface area contributed by atoms with Gasteiger partial charge in [-0.3, -0.25) is 0 Å². The van der Waals surface area contributed by atoms with Crippen molar-refractivity contribution >= 4 is 0 Å². The van der Waals surface area contributed by atoms with Gasteiger partial charge in [-0.05, 0) is 17.2 Å². The first kappa shape index (κ1) is 10.6. The Kier molecular flexibility index (Phi) is 2.94. The highest BCUT2D eigenvalue weighted by molar-refractivity contribution is 5.36. The third kappa shape index (κ3) is 2.12. The number of hydrogen-bond donors (Lipinski definition) is 2. The Morgan fingerprint density at radius 3 is 2.94 bits per heavy atom. The summed E-state index contributed by atoms with van der Waals surface area (Å²) in [7, 11) is 0. The van der Waals surface area contributed by atoms with Crippen LogP contribution in [-0.4, -0.2) is 13.1 Å². The van der Waals surface area contributed by atoms with Gasteiger partial charge in [0.2, 0.25) is 0 Å². The summed E-state index contributed by atoms with van der Waals surface area (Å²) in [4.78, 5) is 0. The molecule has 0 amide bonds. The summed E-state index contributed by atoms with van der Waals surface area (Å²) in [5.41, 5.74) is 3.88. The fraction of sp³-hybridized carbons (Fsp3) is 0.286. The van der Waals surface area contributed by atoms with Crippen LogP contribution < -0.4 is 10.6 Å². The fourth-order valence-electron chi connectivity index (χ4n) is 2.35. The van der Waals surface area contributed by atoms with E-state index in [2.05, 4.69) is 34.9 Å². The lowest BCUT2D eigenvalue weighted by atomic mass is 9.95. The van der Waals surface area contributed by atoms with Gasteiger partial charge in [0, 0.05) is 25.2 Å². The molecule has 2 N–H and O–H groups in total. The number of hydrogen-bond acceptors (Lipinski definition) is 3. The van der Waals surface area contributed by atoms with E-state index in [1.54, 1.807) is 6.26 Å². The standard InChI is InChI=1S/C14H16N2O/c1-2-4-13-11(3-1)9-15-6-7-16-14(13)12-5-8-17-10-12/h1-5,8,10,14-16H,6-7,9H2. The van der Waals surface area contributed by atoms with Crippen LogP contribution >= 0.6 is 0 Å². The van der Waals surface area contributed by atoms with Gasteiger partial charge < -0.3 is 15.1 Å². The maximum Gasteiger partial charge on any atom is 0.0953 e. The summed E-state index contributed by atoms with van der Waals surface area (Å²) in [6, 6.07) is 10.8. The van der Waals surface area contributed by atoms with Gasteiger partial charge in [0.1, 0.15) is 0 Å². The topological polar surface area (TPSA) is 37.2 Å². The summed E-state index contributed by atoms with van der Waals surface area (Å²) < 4.78 is 5.20. The third-order valence-electron chi connectivity index (χ3n) is 3.21. The van der Waals surface area contributed by atoms with Gasteiger partial charge >= 0.3 is 0 Å². The number of benzene rings is 1. The van der Waals surface area contributed by atoms with Gasteiger partial charge in [-0.2, -0.15) is 0 Å². The molecule has 1 aromatic heterocycles. The summed E-state index contributed by atoms with van der Waals surface area (Å²) in [5, 5.41) is 6.98. The minimum atomic E-state index is 0.243. The molecule has 0 bridgehead atoms. The third-order valence-corrected chi connectivity index (χ3v) is 3.21. The first-order chi connectivity index (χ1) is 8.45. The normalized spacial score (nSPS) is 20.4. The van der Waals surface area contributed by atoms with E-state index in [9.17, 15) is 0 Å². The van der Waals surface area contributed by atoms with Crippen molar-refractivity contribution in [1.29, 1.82) is 0 Å². The zero-order valence-corrected chi connectivity index (χ0v) is 9.65. The Labute approximate surface area is 101 Å². The van der Waals surface area contributed by atoms with Gasteiger partial charge in [0.25, 0.3) is 0 Å². The predicted octanol–water partition coefficient (Wildman–Crippen LogP) is 2.06. The Balaban J connectivity index is 2.03. The first-order valence-corrected chi connectivity index (χ1v) is 5.99. The molecule has 88 valence electrons. The Hall–Kier alpha value is -1.58. The SMILES string of the molecule is c1ccc2c(c1)CNCCNC2c1ccoc1. The number of nitrogens with one attached hydrogen (secondary N) is 2. The van der Waals surface area contributed by atoms with E-state index in [0.717, 1.165) is 19.6 Å². The van der Waals surface area contributed by atoms with Crippen LogP contribution in [0.25, 0.3) is 0 Å². The lowest BCUT2D eigenvalue weighted by Gasteiger charge is -2.24. The van der Waals surface area contributed by atoms with Crippen molar-refractivity contribution in [1.82, 2.24) is 10.6 Å². The molecule has 1 unspecified atom stereocenters. The highest BCUT2D eigenvalue weighted by Gasteiger charge is 2.18. The Bertz CT molecular complexity index is 479. The van der Waals surface area contributed by atoms with Crippen molar-refractivity contribution in [3.05, 3.63) is 59.5 Å². The van der Waals surface area contributed by atoms with E-state index in [4.69, 9.17) is 4.42 Å². The van der Waals surface area contributed by atoms with Crippen molar-refractivity contribution in [3.63, 3.8) is 0 Å². The van der Waals surface area contributed by atoms with Crippen LogP contribution in [-0.2, 0) is 6.54 Å². The van der Waals surface area contributed by atoms with Crippen LogP contribution in [0.15, 0.2) is 47.3 Å². The second-order valence-electron chi connectivity index (χ2n) is 4.32. The molecule has 1 atom stereocenters. The van der Waals surface area contributed by atoms with E-state index in [1.165, 1.54) is 16.7 Å². The quantitative estimate of drug-likeness (QED) is 0.784. The molecule has 0 fully saturated rings. The van der Waals surface area contributed by atoms with E-state index >= 15 is 0 Å². The smallest absolute Gasteiger partial charge is 0.0953 e. The van der Waals surface area contributed by atoms with Crippen LogP contribution in [0.3, 0.4) is 0 Å². The van der Waals surface area contributed by atoms with Gasteiger partial charge in [0.15, 0.2) is 0 Å². The summed E-state index contributed by atoms with van der Waals surface area (Å²) >= 11 is 0. The van der Waals surface area contributed by atoms with Gasteiger partial charge in [-0.25, -0.2) is 0 Å². The molecular weight excluding hydrogens is 212 g/mol. The second-order valence-corrected chi connectivity index (χ2v) is 4.32. The maximum atomic E-state index is 5.20. The van der Waals surface area contributed by atoms with Crippen LogP contribution in [0.4, 0.5) is 0 Å². The van der Waals surface area contributed by atoms with Crippen molar-refractivity contribution in [2.24, 2.45) is 0 Å². The molecule has 2 aromatic rings. The van der Waals surface area contributed by atoms with Crippen LogP contribution in [0, 0.1) is 0 Å². The van der Waals surface area contributed by atoms with Crippen molar-refractivity contribution in [2.45, 2.75) is 12.6 Å². The van der Waals surface area contributed by atoms with E-state index in [0.29, 0.717) is 0 Å². The molecular formula is C14H16N2O. The maximum absolute atomic E-state index is 5.20. The number of furan rings is 1. The van der Waals surface area contributed by atoms with Crippen LogP contribution in [0.2, 0.25) is 0 Å². The predicted molar refractivity (Wildman–Crippen MR) is 66.7 cm³/mol. The van der Waals surface area contributed by atoms with Gasteiger partial charge in [-0.15, -0.1) is 0 Å². The van der Waals surface area contributed by atoms with Crippen LogP contribution in [0.5, 0.6) is 0 Å². The van der Waals surface area contributed by atoms with Crippen LogP contribution in [0.1, 0.15) is 22.7 Å².